The van der Waals surface area contributed by atoms with Crippen molar-refractivity contribution in [2.75, 3.05) is 11.6 Å². The van der Waals surface area contributed by atoms with Crippen LogP contribution in [0.25, 0.3) is 5.69 Å². The maximum Gasteiger partial charge on any atom is 0.230 e. The zero-order valence-electron chi connectivity index (χ0n) is 15.0. The minimum absolute atomic E-state index is 0.0896. The van der Waals surface area contributed by atoms with Crippen molar-refractivity contribution in [3.05, 3.63) is 51.9 Å². The molecule has 1 N–H and O–H groups in total. The van der Waals surface area contributed by atoms with Gasteiger partial charge in [-0.1, -0.05) is 22.9 Å². The van der Waals surface area contributed by atoms with Crippen molar-refractivity contribution in [2.24, 2.45) is 0 Å². The van der Waals surface area contributed by atoms with Crippen molar-refractivity contribution in [1.29, 1.82) is 0 Å². The summed E-state index contributed by atoms with van der Waals surface area (Å²) < 4.78 is 2.96. The van der Waals surface area contributed by atoms with E-state index in [1.807, 2.05) is 56.0 Å². The number of carbonyl (C=O) groups is 1. The molecule has 1 aromatic carbocycles. The number of halogens is 1. The van der Waals surface area contributed by atoms with E-state index in [9.17, 15) is 4.79 Å². The molecule has 0 atom stereocenters. The quantitative estimate of drug-likeness (QED) is 0.617. The lowest BCUT2D eigenvalue weighted by atomic mass is 10.1. The van der Waals surface area contributed by atoms with Crippen LogP contribution in [0.3, 0.4) is 0 Å². The van der Waals surface area contributed by atoms with E-state index in [0.29, 0.717) is 10.2 Å². The molecule has 1 amide bonds. The van der Waals surface area contributed by atoms with E-state index in [0.717, 1.165) is 32.5 Å². The normalized spacial score (nSPS) is 11.0. The van der Waals surface area contributed by atoms with E-state index < -0.39 is 0 Å². The molecule has 0 aliphatic rings. The molecule has 0 aliphatic heterocycles. The van der Waals surface area contributed by atoms with Gasteiger partial charge in [0.2, 0.25) is 5.91 Å². The highest BCUT2D eigenvalue weighted by Crippen LogP contribution is 2.30. The molecule has 26 heavy (non-hydrogen) atoms. The molecule has 0 saturated carbocycles. The van der Waals surface area contributed by atoms with Gasteiger partial charge < -0.3 is 5.32 Å². The van der Waals surface area contributed by atoms with Crippen LogP contribution in [0.4, 0.5) is 5.13 Å². The molecule has 3 rings (SSSR count). The van der Waals surface area contributed by atoms with Crippen LogP contribution in [0.2, 0.25) is 5.02 Å². The minimum Gasteiger partial charge on any atom is -0.302 e. The predicted octanol–water partition coefficient (Wildman–Crippen LogP) is 4.81. The van der Waals surface area contributed by atoms with Crippen LogP contribution >= 0.6 is 34.7 Å². The molecule has 2 aromatic heterocycles. The highest BCUT2D eigenvalue weighted by atomic mass is 35.5. The smallest absolute Gasteiger partial charge is 0.230 e. The Morgan fingerprint density at radius 3 is 2.54 bits per heavy atom. The fraction of sp³-hybridized carbons (Fsp3) is 0.278. The topological polar surface area (TPSA) is 59.8 Å². The first-order valence-corrected chi connectivity index (χ1v) is 10.4. The van der Waals surface area contributed by atoms with Crippen LogP contribution in [0, 0.1) is 20.8 Å². The summed E-state index contributed by atoms with van der Waals surface area (Å²) in [6, 6.07) is 7.48. The molecule has 136 valence electrons. The van der Waals surface area contributed by atoms with E-state index in [1.165, 1.54) is 11.3 Å². The molecule has 0 aliphatic carbocycles. The molecule has 0 saturated heterocycles. The highest BCUT2D eigenvalue weighted by molar-refractivity contribution is 8.00. The first kappa shape index (κ1) is 18.9. The van der Waals surface area contributed by atoms with Gasteiger partial charge in [-0.25, -0.2) is 9.67 Å². The lowest BCUT2D eigenvalue weighted by Gasteiger charge is -2.06. The van der Waals surface area contributed by atoms with Crippen LogP contribution in [0.15, 0.2) is 28.5 Å². The van der Waals surface area contributed by atoms with Gasteiger partial charge in [-0.15, -0.1) is 11.8 Å². The Labute approximate surface area is 165 Å². The van der Waals surface area contributed by atoms with Crippen molar-refractivity contribution in [1.82, 2.24) is 14.8 Å². The summed E-state index contributed by atoms with van der Waals surface area (Å²) in [7, 11) is 0. The largest absolute Gasteiger partial charge is 0.302 e. The first-order chi connectivity index (χ1) is 12.4. The summed E-state index contributed by atoms with van der Waals surface area (Å²) in [5.41, 5.74) is 4.58. The summed E-state index contributed by atoms with van der Waals surface area (Å²) in [5.74, 6) is -0.0896. The number of hydrogen-bond acceptors (Lipinski definition) is 5. The third-order valence-corrected chi connectivity index (χ3v) is 6.57. The first-order valence-electron chi connectivity index (χ1n) is 8.01. The maximum absolute atomic E-state index is 12.5. The molecule has 3 aromatic rings. The van der Waals surface area contributed by atoms with Gasteiger partial charge in [0.15, 0.2) is 5.13 Å². The van der Waals surface area contributed by atoms with Crippen molar-refractivity contribution in [2.45, 2.75) is 31.4 Å². The van der Waals surface area contributed by atoms with Gasteiger partial charge in [-0.05, 0) is 51.3 Å². The number of aromatic nitrogens is 3. The van der Waals surface area contributed by atoms with E-state index in [2.05, 4.69) is 15.4 Å². The van der Waals surface area contributed by atoms with Crippen LogP contribution < -0.4 is 5.32 Å². The Kier molecular flexibility index (Phi) is 5.70. The number of nitrogens with zero attached hydrogens (tertiary/aromatic N) is 3. The van der Waals surface area contributed by atoms with E-state index >= 15 is 0 Å². The fourth-order valence-corrected chi connectivity index (χ4v) is 4.47. The number of thiazole rings is 1. The Morgan fingerprint density at radius 2 is 1.92 bits per heavy atom. The van der Waals surface area contributed by atoms with Crippen molar-refractivity contribution in [3.8, 4) is 5.69 Å². The molecule has 0 spiro atoms. The Hall–Kier alpha value is -1.83. The molecule has 0 fully saturated rings. The average Bonchev–Trinajstić information content (AvgIpc) is 3.09. The fourth-order valence-electron chi connectivity index (χ4n) is 2.71. The van der Waals surface area contributed by atoms with Crippen LogP contribution in [0.1, 0.15) is 22.6 Å². The number of benzene rings is 1. The summed E-state index contributed by atoms with van der Waals surface area (Å²) in [6.07, 6.45) is 2.27. The second kappa shape index (κ2) is 7.82. The highest BCUT2D eigenvalue weighted by Gasteiger charge is 2.17. The zero-order chi connectivity index (χ0) is 18.8. The van der Waals surface area contributed by atoms with Gasteiger partial charge >= 0.3 is 0 Å². The monoisotopic (exact) mass is 406 g/mol. The number of anilines is 1. The van der Waals surface area contributed by atoms with Gasteiger partial charge in [0, 0.05) is 16.3 Å². The van der Waals surface area contributed by atoms with Crippen molar-refractivity contribution < 1.29 is 4.79 Å². The van der Waals surface area contributed by atoms with E-state index in [-0.39, 0.29) is 12.3 Å². The Morgan fingerprint density at radius 1 is 1.23 bits per heavy atom. The second-order valence-corrected chi connectivity index (χ2v) is 8.37. The second-order valence-electron chi connectivity index (χ2n) is 5.86. The lowest BCUT2D eigenvalue weighted by molar-refractivity contribution is -0.115. The summed E-state index contributed by atoms with van der Waals surface area (Å²) in [5, 5.41) is 8.79. The minimum atomic E-state index is -0.0896. The molecule has 2 heterocycles. The molecule has 0 radical (unpaired) electrons. The Bertz CT molecular complexity index is 947. The molecule has 8 heteroatoms. The van der Waals surface area contributed by atoms with E-state index in [1.54, 1.807) is 11.8 Å². The van der Waals surface area contributed by atoms with Crippen molar-refractivity contribution in [3.63, 3.8) is 0 Å². The summed E-state index contributed by atoms with van der Waals surface area (Å²) in [4.78, 5) is 16.9. The van der Waals surface area contributed by atoms with Gasteiger partial charge in [-0.2, -0.15) is 5.10 Å². The number of carbonyl (C=O) groups excluding carboxylic acids is 1. The SMILES string of the molecule is CSc1sc(NC(=O)Cc2c(C)nn(-c3ccc(Cl)cc3)c2C)nc1C. The molecule has 0 bridgehead atoms. The summed E-state index contributed by atoms with van der Waals surface area (Å²) >= 11 is 9.09. The van der Waals surface area contributed by atoms with Gasteiger partial charge in [0.25, 0.3) is 0 Å². The van der Waals surface area contributed by atoms with Gasteiger partial charge in [-0.3, -0.25) is 4.79 Å². The third kappa shape index (κ3) is 3.95. The molecular formula is C18H19ClN4OS2. The number of nitrogens with one attached hydrogen (secondary N) is 1. The van der Waals surface area contributed by atoms with Crippen LogP contribution in [-0.4, -0.2) is 26.9 Å². The molecular weight excluding hydrogens is 388 g/mol. The molecule has 0 unspecified atom stereocenters. The van der Waals surface area contributed by atoms with E-state index in [4.69, 9.17) is 11.6 Å². The van der Waals surface area contributed by atoms with Gasteiger partial charge in [0.1, 0.15) is 0 Å². The predicted molar refractivity (Wildman–Crippen MR) is 109 cm³/mol. The third-order valence-electron chi connectivity index (χ3n) is 4.04. The lowest BCUT2D eigenvalue weighted by Crippen LogP contribution is -2.15. The zero-order valence-corrected chi connectivity index (χ0v) is 17.3. The number of hydrogen-bond donors (Lipinski definition) is 1. The standard InChI is InChI=1S/C18H19ClN4OS2/c1-10-15(9-16(24)21-18-20-11(2)17(25-4)26-18)12(3)23(22-10)14-7-5-13(19)6-8-14/h5-8H,9H2,1-4H3,(H,20,21,24). The Balaban J connectivity index is 1.79. The van der Waals surface area contributed by atoms with Gasteiger partial charge in [0.05, 0.1) is 27.7 Å². The average molecular weight is 407 g/mol. The number of aryl methyl sites for hydroxylation is 2. The number of amides is 1. The van der Waals surface area contributed by atoms with Crippen molar-refractivity contribution >= 4 is 45.7 Å². The molecule has 5 nitrogen and oxygen atoms in total. The maximum atomic E-state index is 12.5. The van der Waals surface area contributed by atoms with Crippen LogP contribution in [0.5, 0.6) is 0 Å². The number of rotatable bonds is 5. The summed E-state index contributed by atoms with van der Waals surface area (Å²) in [6.45, 7) is 5.83. The number of thioether (sulfide) groups is 1. The van der Waals surface area contributed by atoms with Crippen LogP contribution in [-0.2, 0) is 11.2 Å².